The molecule has 0 heterocycles. The average Bonchev–Trinajstić information content (AvgIpc) is 3.20. The molecule has 6 rings (SSSR count). The van der Waals surface area contributed by atoms with Gasteiger partial charge in [-0.2, -0.15) is 16.8 Å². The van der Waals surface area contributed by atoms with Gasteiger partial charge in [-0.05, 0) is 91.0 Å². The summed E-state index contributed by atoms with van der Waals surface area (Å²) in [4.78, 5) is 28.9. The number of likely N-dealkylation sites (N-methyl/N-ethyl adjacent to an activating group) is 2. The lowest BCUT2D eigenvalue weighted by Crippen LogP contribution is -2.54. The van der Waals surface area contributed by atoms with Gasteiger partial charge in [0.25, 0.3) is 20.2 Å². The van der Waals surface area contributed by atoms with Crippen LogP contribution >= 0.6 is 0 Å². The fourth-order valence-electron chi connectivity index (χ4n) is 7.93. The number of carbonyl (C=O) groups excluding carboxylic acids is 2. The molecule has 0 bridgehead atoms. The van der Waals surface area contributed by atoms with Gasteiger partial charge in [0.1, 0.15) is 20.6 Å². The van der Waals surface area contributed by atoms with Crippen molar-refractivity contribution < 1.29 is 45.0 Å². The highest BCUT2D eigenvalue weighted by molar-refractivity contribution is 7.86. The molecule has 0 radical (unpaired) electrons. The van der Waals surface area contributed by atoms with Gasteiger partial charge in [-0.3, -0.25) is 18.7 Å². The van der Waals surface area contributed by atoms with Gasteiger partial charge >= 0.3 is 11.9 Å². The minimum Gasteiger partial charge on any atom is -0.465 e. The summed E-state index contributed by atoms with van der Waals surface area (Å²) in [5.41, 5.74) is 0.883. The third kappa shape index (κ3) is 10.1. The lowest BCUT2D eigenvalue weighted by Gasteiger charge is -2.42. The molecule has 0 amide bonds. The summed E-state index contributed by atoms with van der Waals surface area (Å²) in [5.74, 6) is -0.233. The molecule has 4 atom stereocenters. The Hall–Kier alpha value is -4.70. The van der Waals surface area contributed by atoms with Crippen LogP contribution in [-0.4, -0.2) is 101 Å². The maximum Gasteiger partial charge on any atom is 0.318 e. The van der Waals surface area contributed by atoms with E-state index in [9.17, 15) is 26.4 Å². The fraction of sp³-hybridized carbons (Fsp3) is 0.364. The summed E-state index contributed by atoms with van der Waals surface area (Å²) in [6.07, 6.45) is 12.0. The molecular weight excluding hydrogens is 781 g/mol. The number of ether oxygens (including phenoxy) is 2. The van der Waals surface area contributed by atoms with Gasteiger partial charge in [-0.15, -0.1) is 0 Å². The van der Waals surface area contributed by atoms with E-state index >= 15 is 0 Å². The molecule has 58 heavy (non-hydrogen) atoms. The van der Waals surface area contributed by atoms with Gasteiger partial charge in [-0.25, -0.2) is 0 Å². The van der Waals surface area contributed by atoms with E-state index in [0.717, 1.165) is 48.9 Å². The molecule has 0 spiro atoms. The van der Waals surface area contributed by atoms with Crippen molar-refractivity contribution in [3.63, 3.8) is 0 Å². The summed E-state index contributed by atoms with van der Waals surface area (Å²) in [5, 5.41) is 0.0465. The Labute approximate surface area is 342 Å². The monoisotopic (exact) mass is 834 g/mol. The van der Waals surface area contributed by atoms with Gasteiger partial charge in [0.2, 0.25) is 0 Å². The molecule has 0 saturated carbocycles. The van der Waals surface area contributed by atoms with Crippen LogP contribution in [0.1, 0.15) is 50.7 Å². The number of fused-ring (bicyclic) bond motifs is 1. The molecule has 0 fully saturated rings. The number of allylic oxidation sites excluding steroid dienone is 2. The van der Waals surface area contributed by atoms with Crippen molar-refractivity contribution in [2.45, 2.75) is 72.2 Å². The molecule has 2 N–H and O–H groups in total. The average molecular weight is 835 g/mol. The Morgan fingerprint density at radius 2 is 0.931 bits per heavy atom. The Morgan fingerprint density at radius 3 is 1.22 bits per heavy atom. The summed E-state index contributed by atoms with van der Waals surface area (Å²) in [6, 6.07) is 27.6. The molecule has 0 aromatic heterocycles. The first kappa shape index (κ1) is 46.0. The van der Waals surface area contributed by atoms with E-state index in [1.807, 2.05) is 103 Å². The number of benzene rings is 4. The Bertz CT molecular complexity index is 2130. The van der Waals surface area contributed by atoms with E-state index in [1.165, 1.54) is 24.3 Å². The Morgan fingerprint density at radius 1 is 0.586 bits per heavy atom. The Balaban J connectivity index is 0.000000193. The molecule has 0 aliphatic heterocycles. The minimum atomic E-state index is -4.47. The lowest BCUT2D eigenvalue weighted by atomic mass is 9.68. The molecule has 0 saturated heterocycles. The first-order chi connectivity index (χ1) is 27.5. The van der Waals surface area contributed by atoms with E-state index in [1.54, 1.807) is 0 Å². The number of esters is 2. The second-order valence-corrected chi connectivity index (χ2v) is 17.2. The van der Waals surface area contributed by atoms with Crippen LogP contribution in [-0.2, 0) is 50.1 Å². The van der Waals surface area contributed by atoms with Crippen LogP contribution in [0.5, 0.6) is 0 Å². The number of carbonyl (C=O) groups is 2. The zero-order valence-corrected chi connectivity index (χ0v) is 35.4. The van der Waals surface area contributed by atoms with Crippen molar-refractivity contribution in [2.75, 3.05) is 41.4 Å². The zero-order chi connectivity index (χ0) is 42.7. The fourth-order valence-corrected chi connectivity index (χ4v) is 9.34. The molecule has 4 aromatic rings. The van der Waals surface area contributed by atoms with Crippen molar-refractivity contribution in [3.05, 3.63) is 132 Å². The van der Waals surface area contributed by atoms with E-state index < -0.39 is 40.9 Å². The summed E-state index contributed by atoms with van der Waals surface area (Å²) < 4.78 is 73.5. The molecular formula is C44H54N2O10S2. The van der Waals surface area contributed by atoms with Crippen LogP contribution in [0.25, 0.3) is 10.8 Å². The van der Waals surface area contributed by atoms with Gasteiger partial charge in [0, 0.05) is 22.9 Å². The topological polar surface area (TPSA) is 168 Å². The van der Waals surface area contributed by atoms with Crippen LogP contribution in [0, 0.1) is 0 Å². The van der Waals surface area contributed by atoms with Crippen molar-refractivity contribution >= 4 is 42.9 Å². The van der Waals surface area contributed by atoms with Crippen LogP contribution in [0.2, 0.25) is 0 Å². The third-order valence-corrected chi connectivity index (χ3v) is 12.2. The van der Waals surface area contributed by atoms with E-state index in [0.29, 0.717) is 13.2 Å². The van der Waals surface area contributed by atoms with Gasteiger partial charge in [0.05, 0.1) is 13.2 Å². The van der Waals surface area contributed by atoms with E-state index in [-0.39, 0.29) is 34.8 Å². The summed E-state index contributed by atoms with van der Waals surface area (Å²) >= 11 is 0. The number of hydrogen-bond acceptors (Lipinski definition) is 10. The van der Waals surface area contributed by atoms with Crippen molar-refractivity contribution in [2.24, 2.45) is 0 Å². The lowest BCUT2D eigenvalue weighted by molar-refractivity contribution is -0.153. The maximum absolute atomic E-state index is 12.8. The highest BCUT2D eigenvalue weighted by atomic mass is 32.2. The van der Waals surface area contributed by atoms with Crippen LogP contribution in [0.4, 0.5) is 0 Å². The van der Waals surface area contributed by atoms with Gasteiger partial charge in [-0.1, -0.05) is 109 Å². The molecule has 2 aliphatic rings. The largest absolute Gasteiger partial charge is 0.465 e. The minimum absolute atomic E-state index is 0.0233. The standard InChI is InChI=1S/2C17H23NO2.C10H8O6S2/c2*1-4-20-16(19)17(14-10-6-5-7-11-14)13-9-8-12-15(17)18(2)3;11-17(12,13)9-5-1-3-7-8(9)4-2-6-10(7)18(14,15)16/h2*5-8,10-12,15H,4,9,13H2,1-3H3;1-6H,(H,11,12,13)(H,14,15,16)/t2*15-,17+;/m11./s1. The quantitative estimate of drug-likeness (QED) is 0.0969. The number of nitrogens with zero attached hydrogens (tertiary/aromatic N) is 2. The maximum atomic E-state index is 12.8. The predicted octanol–water partition coefficient (Wildman–Crippen LogP) is 6.87. The van der Waals surface area contributed by atoms with Crippen LogP contribution < -0.4 is 0 Å². The van der Waals surface area contributed by atoms with Crippen molar-refractivity contribution in [1.29, 1.82) is 0 Å². The second-order valence-electron chi connectivity index (χ2n) is 14.4. The van der Waals surface area contributed by atoms with Gasteiger partial charge in [0.15, 0.2) is 0 Å². The SMILES string of the molecule is CCOC(=O)[C@]1(c2ccccc2)CCC=C[C@H]1N(C)C.CCOC(=O)[C@]1(c2ccccc2)CCC=C[C@H]1N(C)C.O=S(=O)(O)c1cccc2c(S(=O)(=O)O)cccc12. The van der Waals surface area contributed by atoms with Crippen LogP contribution in [0.3, 0.4) is 0 Å². The first-order valence-corrected chi connectivity index (χ1v) is 21.9. The van der Waals surface area contributed by atoms with Gasteiger partial charge < -0.3 is 19.3 Å². The first-order valence-electron chi connectivity index (χ1n) is 19.0. The van der Waals surface area contributed by atoms with Crippen molar-refractivity contribution in [3.8, 4) is 0 Å². The highest BCUT2D eigenvalue weighted by Crippen LogP contribution is 2.41. The zero-order valence-electron chi connectivity index (χ0n) is 33.8. The molecule has 14 heteroatoms. The summed E-state index contributed by atoms with van der Waals surface area (Å²) in [7, 11) is -0.892. The second kappa shape index (κ2) is 19.8. The third-order valence-electron chi connectivity index (χ3n) is 10.4. The highest BCUT2D eigenvalue weighted by Gasteiger charge is 2.50. The predicted molar refractivity (Wildman–Crippen MR) is 225 cm³/mol. The Kier molecular flexibility index (Phi) is 15.7. The molecule has 312 valence electrons. The van der Waals surface area contributed by atoms with Crippen molar-refractivity contribution in [1.82, 2.24) is 9.80 Å². The molecule has 2 aliphatic carbocycles. The molecule has 0 unspecified atom stereocenters. The van der Waals surface area contributed by atoms with E-state index in [4.69, 9.17) is 18.6 Å². The van der Waals surface area contributed by atoms with Crippen LogP contribution in [0.15, 0.2) is 131 Å². The number of hydrogen-bond donors (Lipinski definition) is 2. The molecule has 12 nitrogen and oxygen atoms in total. The smallest absolute Gasteiger partial charge is 0.318 e. The summed E-state index contributed by atoms with van der Waals surface area (Å²) in [6.45, 7) is 4.55. The molecule has 4 aromatic carbocycles. The normalized spacial score (nSPS) is 21.7. The van der Waals surface area contributed by atoms with E-state index in [2.05, 4.69) is 34.1 Å². The number of rotatable bonds is 10.